The largest absolute Gasteiger partial charge is 0.465 e. The van der Waals surface area contributed by atoms with Crippen LogP contribution in [0.5, 0.6) is 0 Å². The Balaban J connectivity index is 6.33. The number of esters is 7. The van der Waals surface area contributed by atoms with Gasteiger partial charge in [0.15, 0.2) is 0 Å². The van der Waals surface area contributed by atoms with Crippen molar-refractivity contribution in [1.29, 1.82) is 0 Å². The van der Waals surface area contributed by atoms with E-state index < -0.39 is 73.6 Å². The topological polar surface area (TPSA) is 187 Å². The first-order valence-corrected chi connectivity index (χ1v) is 28.5. The zero-order valence-corrected chi connectivity index (χ0v) is 46.8. The van der Waals surface area contributed by atoms with Crippen LogP contribution in [0.2, 0.25) is 0 Å². The van der Waals surface area contributed by atoms with Crippen molar-refractivity contribution in [3.05, 3.63) is 0 Å². The van der Waals surface area contributed by atoms with E-state index in [1.54, 1.807) is 0 Å². The van der Waals surface area contributed by atoms with Crippen LogP contribution in [-0.2, 0) is 66.7 Å². The van der Waals surface area contributed by atoms with Gasteiger partial charge in [0.05, 0.1) is 38.5 Å². The van der Waals surface area contributed by atoms with E-state index >= 15 is 0 Å². The molecule has 0 N–H and O–H groups in total. The number of carbonyl (C=O) groups is 7. The van der Waals surface area contributed by atoms with Crippen LogP contribution in [0, 0.1) is 5.41 Å². The highest BCUT2D eigenvalue weighted by molar-refractivity contribution is 5.79. The third-order valence-corrected chi connectivity index (χ3v) is 12.7. The minimum atomic E-state index is -1.60. The van der Waals surface area contributed by atoms with Gasteiger partial charge in [0.1, 0.15) is 50.2 Å². The van der Waals surface area contributed by atoms with Gasteiger partial charge in [-0.25, -0.2) is 0 Å². The molecule has 0 atom stereocenters. The molecule has 0 aliphatic heterocycles. The van der Waals surface area contributed by atoms with Crippen LogP contribution in [-0.4, -0.2) is 112 Å². The summed E-state index contributed by atoms with van der Waals surface area (Å²) in [7, 11) is 3.87. The summed E-state index contributed by atoms with van der Waals surface area (Å²) >= 11 is 0. The zero-order chi connectivity index (χ0) is 53.7. The van der Waals surface area contributed by atoms with E-state index in [9.17, 15) is 33.6 Å². The molecule has 0 fully saturated rings. The number of unbranched alkanes of at least 4 members (excludes halogenated alkanes) is 13. The fourth-order valence-electron chi connectivity index (χ4n) is 8.04. The SMILES string of the molecule is CCCCCC(CCCCC)OC(=O)CCC(=O)OCC(COC(=O)CCCCN(C)C)(COC(=O)CCC(=O)OC(CCCCC)CCCCC)COC(=O)CCC(=O)OC(CCCCC)CCCCC. The third kappa shape index (κ3) is 39.7. The standard InChI is InChI=1S/C57H103NO14/c1-9-15-21-29-47(30-22-16-10-2)70-54(63)39-36-51(60)67-44-57(43-66-50(59)35-27-28-42-58(7)8,45-68-52(61)37-40-55(64)71-48(31-23-17-11-3)32-24-18-12-4)46-69-53(62)38-41-56(65)72-49(33-25-19-13-5)34-26-20-14-6/h47-49H,9-46H2,1-8H3. The lowest BCUT2D eigenvalue weighted by Gasteiger charge is -2.31. The molecule has 0 aliphatic rings. The smallest absolute Gasteiger partial charge is 0.306 e. The molecule has 0 saturated carbocycles. The Morgan fingerprint density at radius 3 is 0.792 bits per heavy atom. The Hall–Kier alpha value is -3.75. The van der Waals surface area contributed by atoms with Gasteiger partial charge in [-0.1, -0.05) is 119 Å². The summed E-state index contributed by atoms with van der Waals surface area (Å²) in [5, 5.41) is 0. The molecule has 72 heavy (non-hydrogen) atoms. The molecular formula is C57H103NO14. The van der Waals surface area contributed by atoms with Gasteiger partial charge in [0.25, 0.3) is 0 Å². The summed E-state index contributed by atoms with van der Waals surface area (Å²) in [6.07, 6.45) is 21.6. The minimum Gasteiger partial charge on any atom is -0.465 e. The van der Waals surface area contributed by atoms with Gasteiger partial charge in [-0.05, 0) is 111 Å². The van der Waals surface area contributed by atoms with Crippen molar-refractivity contribution in [3.8, 4) is 0 Å². The molecule has 0 unspecified atom stereocenters. The summed E-state index contributed by atoms with van der Waals surface area (Å²) in [6, 6.07) is 0. The summed E-state index contributed by atoms with van der Waals surface area (Å²) in [5.74, 6) is -4.38. The van der Waals surface area contributed by atoms with E-state index in [4.69, 9.17) is 33.2 Å². The Bertz CT molecular complexity index is 1270. The van der Waals surface area contributed by atoms with Crippen LogP contribution >= 0.6 is 0 Å². The number of ether oxygens (including phenoxy) is 7. The maximum atomic E-state index is 13.3. The molecule has 15 heteroatoms. The summed E-state index contributed by atoms with van der Waals surface area (Å²) in [6.45, 7) is 11.4. The Kier molecular flexibility index (Phi) is 43.4. The van der Waals surface area contributed by atoms with E-state index in [0.29, 0.717) is 6.42 Å². The highest BCUT2D eigenvalue weighted by Gasteiger charge is 2.38. The number of nitrogens with zero attached hydrogens (tertiary/aromatic N) is 1. The molecule has 0 aromatic heterocycles. The summed E-state index contributed by atoms with van der Waals surface area (Å²) in [5.41, 5.74) is -1.60. The first kappa shape index (κ1) is 68.2. The van der Waals surface area contributed by atoms with Gasteiger partial charge in [-0.2, -0.15) is 0 Å². The number of carbonyl (C=O) groups excluding carboxylic acids is 7. The molecule has 420 valence electrons. The first-order chi connectivity index (χ1) is 34.7. The van der Waals surface area contributed by atoms with E-state index in [1.807, 2.05) is 19.0 Å². The van der Waals surface area contributed by atoms with Gasteiger partial charge >= 0.3 is 41.8 Å². The molecule has 0 aromatic rings. The lowest BCUT2D eigenvalue weighted by Crippen LogP contribution is -2.44. The average molecular weight is 1030 g/mol. The van der Waals surface area contributed by atoms with Crippen molar-refractivity contribution in [3.63, 3.8) is 0 Å². The monoisotopic (exact) mass is 1030 g/mol. The lowest BCUT2D eigenvalue weighted by atomic mass is 9.92. The molecular weight excluding hydrogens is 923 g/mol. The maximum absolute atomic E-state index is 13.3. The van der Waals surface area contributed by atoms with Crippen molar-refractivity contribution in [2.75, 3.05) is 47.1 Å². The molecule has 0 saturated heterocycles. The highest BCUT2D eigenvalue weighted by Crippen LogP contribution is 2.24. The highest BCUT2D eigenvalue weighted by atomic mass is 16.6. The van der Waals surface area contributed by atoms with Crippen LogP contribution in [0.3, 0.4) is 0 Å². The zero-order valence-electron chi connectivity index (χ0n) is 46.8. The number of hydrogen-bond donors (Lipinski definition) is 0. The van der Waals surface area contributed by atoms with Crippen molar-refractivity contribution in [2.45, 2.75) is 272 Å². The van der Waals surface area contributed by atoms with E-state index in [1.165, 1.54) is 0 Å². The van der Waals surface area contributed by atoms with Crippen LogP contribution in [0.1, 0.15) is 253 Å². The molecule has 0 heterocycles. The quantitative estimate of drug-likeness (QED) is 0.0318. The Morgan fingerprint density at radius 2 is 0.556 bits per heavy atom. The van der Waals surface area contributed by atoms with Gasteiger partial charge in [0, 0.05) is 6.42 Å². The molecule has 0 amide bonds. The predicted octanol–water partition coefficient (Wildman–Crippen LogP) is 12.4. The van der Waals surface area contributed by atoms with Crippen LogP contribution in [0.4, 0.5) is 0 Å². The van der Waals surface area contributed by atoms with Gasteiger partial charge in [-0.3, -0.25) is 33.6 Å². The minimum absolute atomic E-state index is 0.0866. The van der Waals surface area contributed by atoms with Crippen LogP contribution in [0.15, 0.2) is 0 Å². The van der Waals surface area contributed by atoms with Crippen LogP contribution in [0.25, 0.3) is 0 Å². The molecule has 0 rings (SSSR count). The van der Waals surface area contributed by atoms with Crippen molar-refractivity contribution >= 4 is 41.8 Å². The van der Waals surface area contributed by atoms with Crippen molar-refractivity contribution in [1.82, 2.24) is 4.90 Å². The van der Waals surface area contributed by atoms with Crippen molar-refractivity contribution < 1.29 is 66.7 Å². The van der Waals surface area contributed by atoms with E-state index in [2.05, 4.69) is 41.5 Å². The maximum Gasteiger partial charge on any atom is 0.306 e. The molecule has 0 radical (unpaired) electrons. The average Bonchev–Trinajstić information content (AvgIpc) is 3.35. The molecule has 15 nitrogen and oxygen atoms in total. The molecule has 0 aliphatic carbocycles. The Labute approximate surface area is 436 Å². The normalized spacial score (nSPS) is 11.6. The molecule has 0 bridgehead atoms. The first-order valence-electron chi connectivity index (χ1n) is 28.5. The lowest BCUT2D eigenvalue weighted by molar-refractivity contribution is -0.173. The summed E-state index contributed by atoms with van der Waals surface area (Å²) < 4.78 is 40.3. The molecule has 0 aromatic carbocycles. The fraction of sp³-hybridized carbons (Fsp3) is 0.877. The summed E-state index contributed by atoms with van der Waals surface area (Å²) in [4.78, 5) is 94.2. The predicted molar refractivity (Wildman–Crippen MR) is 281 cm³/mol. The number of hydrogen-bond acceptors (Lipinski definition) is 15. The van der Waals surface area contributed by atoms with Crippen molar-refractivity contribution in [2.24, 2.45) is 5.41 Å². The van der Waals surface area contributed by atoms with Crippen LogP contribution < -0.4 is 0 Å². The Morgan fingerprint density at radius 1 is 0.319 bits per heavy atom. The number of rotatable bonds is 49. The second kappa shape index (κ2) is 45.8. The second-order valence-electron chi connectivity index (χ2n) is 20.2. The van der Waals surface area contributed by atoms with Gasteiger partial charge in [0.2, 0.25) is 0 Å². The van der Waals surface area contributed by atoms with Gasteiger partial charge < -0.3 is 38.1 Å². The fourth-order valence-corrected chi connectivity index (χ4v) is 8.04. The van der Waals surface area contributed by atoms with E-state index in [-0.39, 0.29) is 63.3 Å². The third-order valence-electron chi connectivity index (χ3n) is 12.7. The van der Waals surface area contributed by atoms with Gasteiger partial charge in [-0.15, -0.1) is 0 Å². The van der Waals surface area contributed by atoms with E-state index in [0.717, 1.165) is 167 Å². The molecule has 0 spiro atoms. The second-order valence-corrected chi connectivity index (χ2v) is 20.2.